The van der Waals surface area contributed by atoms with Gasteiger partial charge in [-0.25, -0.2) is 9.67 Å². The van der Waals surface area contributed by atoms with Gasteiger partial charge in [-0.1, -0.05) is 29.3 Å². The highest BCUT2D eigenvalue weighted by atomic mass is 35.5. The second kappa shape index (κ2) is 8.27. The van der Waals surface area contributed by atoms with Crippen molar-refractivity contribution in [3.8, 4) is 0 Å². The van der Waals surface area contributed by atoms with Gasteiger partial charge in [-0.3, -0.25) is 0 Å². The van der Waals surface area contributed by atoms with E-state index in [0.717, 1.165) is 24.5 Å². The molecule has 0 aliphatic carbocycles. The van der Waals surface area contributed by atoms with E-state index >= 15 is 0 Å². The summed E-state index contributed by atoms with van der Waals surface area (Å²) in [4.78, 5) is 4.63. The molecule has 1 fully saturated rings. The number of aliphatic hydroxyl groups excluding tert-OH is 1. The number of ether oxygens (including phenoxy) is 1. The molecule has 1 aliphatic rings. The van der Waals surface area contributed by atoms with Crippen LogP contribution in [0.3, 0.4) is 0 Å². The van der Waals surface area contributed by atoms with Crippen molar-refractivity contribution in [1.29, 1.82) is 0 Å². The molecule has 1 atom stereocenters. The van der Waals surface area contributed by atoms with Gasteiger partial charge in [0.1, 0.15) is 5.82 Å². The van der Waals surface area contributed by atoms with Gasteiger partial charge in [0.05, 0.1) is 26.4 Å². The van der Waals surface area contributed by atoms with E-state index in [1.165, 1.54) is 0 Å². The van der Waals surface area contributed by atoms with E-state index in [1.54, 1.807) is 16.8 Å². The molecule has 2 aromatic rings. The molecule has 1 saturated heterocycles. The van der Waals surface area contributed by atoms with E-state index < -0.39 is 0 Å². The molecule has 0 radical (unpaired) electrons. The standard InChI is InChI=1S/C16H20Cl2N4O2/c17-13-2-1-3-14(18)12(13)9-15-20-16(22(21-15)5-6-23)8-11-10-24-7-4-19-11/h1-3,11,19,23H,4-10H2/t11-/m0/s1. The first-order chi connectivity index (χ1) is 11.7. The van der Waals surface area contributed by atoms with Crippen LogP contribution in [0.25, 0.3) is 0 Å². The Kier molecular flexibility index (Phi) is 6.08. The molecule has 0 spiro atoms. The van der Waals surface area contributed by atoms with Crippen molar-refractivity contribution < 1.29 is 9.84 Å². The van der Waals surface area contributed by atoms with Crippen LogP contribution in [0.1, 0.15) is 17.2 Å². The smallest absolute Gasteiger partial charge is 0.155 e. The van der Waals surface area contributed by atoms with Crippen molar-refractivity contribution in [2.24, 2.45) is 0 Å². The third-order valence-corrected chi connectivity index (χ3v) is 4.64. The Morgan fingerprint density at radius 2 is 2.12 bits per heavy atom. The zero-order valence-corrected chi connectivity index (χ0v) is 14.7. The number of hydrogen-bond donors (Lipinski definition) is 2. The first-order valence-corrected chi connectivity index (χ1v) is 8.70. The van der Waals surface area contributed by atoms with Crippen LogP contribution in [-0.4, -0.2) is 52.3 Å². The van der Waals surface area contributed by atoms with Crippen molar-refractivity contribution in [2.45, 2.75) is 25.4 Å². The van der Waals surface area contributed by atoms with Crippen LogP contribution in [-0.2, 0) is 24.1 Å². The highest BCUT2D eigenvalue weighted by molar-refractivity contribution is 6.36. The maximum absolute atomic E-state index is 9.27. The quantitative estimate of drug-likeness (QED) is 0.809. The van der Waals surface area contributed by atoms with E-state index in [1.807, 2.05) is 6.07 Å². The third-order valence-electron chi connectivity index (χ3n) is 3.93. The van der Waals surface area contributed by atoms with Gasteiger partial charge < -0.3 is 15.2 Å². The average Bonchev–Trinajstić information content (AvgIpc) is 2.94. The predicted octanol–water partition coefficient (Wildman–Crippen LogP) is 1.70. The van der Waals surface area contributed by atoms with Crippen molar-refractivity contribution in [3.63, 3.8) is 0 Å². The fraction of sp³-hybridized carbons (Fsp3) is 0.500. The molecule has 1 aromatic heterocycles. The summed E-state index contributed by atoms with van der Waals surface area (Å²) in [7, 11) is 0. The SMILES string of the molecule is OCCn1nc(Cc2c(Cl)cccc2Cl)nc1C[C@H]1COCCN1. The van der Waals surface area contributed by atoms with Gasteiger partial charge in [-0.15, -0.1) is 0 Å². The largest absolute Gasteiger partial charge is 0.394 e. The summed E-state index contributed by atoms with van der Waals surface area (Å²) in [5.41, 5.74) is 0.813. The van der Waals surface area contributed by atoms with Gasteiger partial charge in [0, 0.05) is 35.5 Å². The summed E-state index contributed by atoms with van der Waals surface area (Å²) < 4.78 is 7.23. The zero-order chi connectivity index (χ0) is 16.9. The molecule has 1 aromatic carbocycles. The molecule has 0 unspecified atom stereocenters. The lowest BCUT2D eigenvalue weighted by molar-refractivity contribution is 0.0759. The Balaban J connectivity index is 1.79. The molecule has 2 N–H and O–H groups in total. The van der Waals surface area contributed by atoms with E-state index in [2.05, 4.69) is 15.4 Å². The monoisotopic (exact) mass is 370 g/mol. The Morgan fingerprint density at radius 1 is 1.33 bits per heavy atom. The molecule has 8 heteroatoms. The number of aliphatic hydroxyl groups is 1. The summed E-state index contributed by atoms with van der Waals surface area (Å²) in [6.45, 7) is 2.64. The maximum Gasteiger partial charge on any atom is 0.155 e. The van der Waals surface area contributed by atoms with Crippen molar-refractivity contribution >= 4 is 23.2 Å². The molecule has 2 heterocycles. The topological polar surface area (TPSA) is 72.2 Å². The molecule has 1 aliphatic heterocycles. The van der Waals surface area contributed by atoms with Crippen LogP contribution in [0.4, 0.5) is 0 Å². The minimum atomic E-state index is 0.0112. The van der Waals surface area contributed by atoms with Crippen molar-refractivity contribution in [3.05, 3.63) is 45.5 Å². The molecular formula is C16H20Cl2N4O2. The van der Waals surface area contributed by atoms with Gasteiger partial charge >= 0.3 is 0 Å². The maximum atomic E-state index is 9.27. The highest BCUT2D eigenvalue weighted by Crippen LogP contribution is 2.26. The second-order valence-electron chi connectivity index (χ2n) is 5.70. The van der Waals surface area contributed by atoms with Crippen molar-refractivity contribution in [2.75, 3.05) is 26.4 Å². The number of benzene rings is 1. The van der Waals surface area contributed by atoms with Gasteiger partial charge in [0.2, 0.25) is 0 Å². The lowest BCUT2D eigenvalue weighted by atomic mass is 10.1. The van der Waals surface area contributed by atoms with Crippen LogP contribution in [0.2, 0.25) is 10.0 Å². The van der Waals surface area contributed by atoms with Crippen LogP contribution in [0.5, 0.6) is 0 Å². The van der Waals surface area contributed by atoms with Gasteiger partial charge in [0.25, 0.3) is 0 Å². The Labute approximate surface area is 150 Å². The molecule has 0 amide bonds. The zero-order valence-electron chi connectivity index (χ0n) is 13.2. The number of hydrogen-bond acceptors (Lipinski definition) is 5. The number of aromatic nitrogens is 3. The molecule has 0 saturated carbocycles. The Hall–Kier alpha value is -1.18. The molecular weight excluding hydrogens is 351 g/mol. The minimum Gasteiger partial charge on any atom is -0.394 e. The molecule has 0 bridgehead atoms. The number of halogens is 2. The summed E-state index contributed by atoms with van der Waals surface area (Å²) in [5.74, 6) is 1.47. The number of rotatable bonds is 6. The average molecular weight is 371 g/mol. The summed E-state index contributed by atoms with van der Waals surface area (Å²) in [6.07, 6.45) is 1.15. The predicted molar refractivity (Wildman–Crippen MR) is 92.7 cm³/mol. The number of morpholine rings is 1. The normalized spacial score (nSPS) is 18.0. The third kappa shape index (κ3) is 4.26. The minimum absolute atomic E-state index is 0.0112. The van der Waals surface area contributed by atoms with E-state index in [9.17, 15) is 5.11 Å². The summed E-state index contributed by atoms with van der Waals surface area (Å²) in [5, 5.41) is 18.4. The lowest BCUT2D eigenvalue weighted by Gasteiger charge is -2.23. The van der Waals surface area contributed by atoms with Gasteiger partial charge in [-0.05, 0) is 17.7 Å². The summed E-state index contributed by atoms with van der Waals surface area (Å²) >= 11 is 12.5. The lowest BCUT2D eigenvalue weighted by Crippen LogP contribution is -2.43. The second-order valence-corrected chi connectivity index (χ2v) is 6.51. The molecule has 130 valence electrons. The highest BCUT2D eigenvalue weighted by Gasteiger charge is 2.19. The van der Waals surface area contributed by atoms with Crippen LogP contribution in [0.15, 0.2) is 18.2 Å². The van der Waals surface area contributed by atoms with Gasteiger partial charge in [0.15, 0.2) is 5.82 Å². The van der Waals surface area contributed by atoms with Crippen molar-refractivity contribution in [1.82, 2.24) is 20.1 Å². The summed E-state index contributed by atoms with van der Waals surface area (Å²) in [6, 6.07) is 5.62. The molecule has 24 heavy (non-hydrogen) atoms. The number of nitrogens with zero attached hydrogens (tertiary/aromatic N) is 3. The van der Waals surface area contributed by atoms with E-state index in [4.69, 9.17) is 27.9 Å². The fourth-order valence-electron chi connectivity index (χ4n) is 2.76. The van der Waals surface area contributed by atoms with Crippen LogP contribution < -0.4 is 5.32 Å². The van der Waals surface area contributed by atoms with E-state index in [0.29, 0.717) is 41.9 Å². The number of nitrogens with one attached hydrogen (secondary N) is 1. The molecule has 6 nitrogen and oxygen atoms in total. The Bertz CT molecular complexity index is 666. The van der Waals surface area contributed by atoms with E-state index in [-0.39, 0.29) is 12.6 Å². The van der Waals surface area contributed by atoms with Gasteiger partial charge in [-0.2, -0.15) is 5.10 Å². The molecule has 3 rings (SSSR count). The van der Waals surface area contributed by atoms with Crippen LogP contribution in [0, 0.1) is 0 Å². The Morgan fingerprint density at radius 3 is 2.79 bits per heavy atom. The van der Waals surface area contributed by atoms with Crippen LogP contribution >= 0.6 is 23.2 Å². The fourth-order valence-corrected chi connectivity index (χ4v) is 3.29. The first kappa shape index (κ1) is 17.6. The first-order valence-electron chi connectivity index (χ1n) is 7.95.